The SMILES string of the molecule is c1ccc(-c2ccc(N(c3ccccc3)c3ccc(-c4ccc5ccc6cc7c8ccccc8n(-c8ccccc8)c7c7ccc4c5c67)cc3)c(-c3ccccc3)c2)cc1. The number of rotatable bonds is 7. The first kappa shape index (κ1) is 34.1. The molecule has 0 amide bonds. The van der Waals surface area contributed by atoms with Gasteiger partial charge in [0.05, 0.1) is 16.7 Å². The van der Waals surface area contributed by atoms with E-state index in [9.17, 15) is 0 Å². The number of fused-ring (bicyclic) bond motifs is 4. The minimum atomic E-state index is 1.10. The van der Waals surface area contributed by atoms with Crippen molar-refractivity contribution in [2.75, 3.05) is 4.90 Å². The molecule has 11 aromatic carbocycles. The lowest BCUT2D eigenvalue weighted by Crippen LogP contribution is -2.11. The second-order valence-corrected chi connectivity index (χ2v) is 15.7. The molecule has 1 aromatic heterocycles. The van der Waals surface area contributed by atoms with E-state index in [1.165, 1.54) is 93.2 Å². The largest absolute Gasteiger partial charge is 0.310 e. The normalized spacial score (nSPS) is 11.7. The Morgan fingerprint density at radius 3 is 1.65 bits per heavy atom. The van der Waals surface area contributed by atoms with Crippen LogP contribution >= 0.6 is 0 Å². The van der Waals surface area contributed by atoms with E-state index in [1.54, 1.807) is 0 Å². The third kappa shape index (κ3) is 5.42. The molecule has 0 aliphatic carbocycles. The molecular formula is C58H38N2. The summed E-state index contributed by atoms with van der Waals surface area (Å²) in [6.07, 6.45) is 0. The zero-order chi connectivity index (χ0) is 39.6. The molecular weight excluding hydrogens is 725 g/mol. The highest BCUT2D eigenvalue weighted by Crippen LogP contribution is 2.46. The van der Waals surface area contributed by atoms with Gasteiger partial charge in [-0.05, 0) is 115 Å². The first-order valence-corrected chi connectivity index (χ1v) is 20.7. The number of nitrogens with zero attached hydrogens (tertiary/aromatic N) is 2. The molecule has 0 radical (unpaired) electrons. The molecule has 1 heterocycles. The third-order valence-corrected chi connectivity index (χ3v) is 12.3. The molecule has 0 bridgehead atoms. The number of benzene rings is 11. The van der Waals surface area contributed by atoms with Crippen molar-refractivity contribution in [3.63, 3.8) is 0 Å². The summed E-state index contributed by atoms with van der Waals surface area (Å²) in [6.45, 7) is 0. The summed E-state index contributed by atoms with van der Waals surface area (Å²) in [6, 6.07) is 84.1. The zero-order valence-electron chi connectivity index (χ0n) is 32.8. The van der Waals surface area contributed by atoms with Gasteiger partial charge in [-0.15, -0.1) is 0 Å². The van der Waals surface area contributed by atoms with Crippen molar-refractivity contribution in [3.05, 3.63) is 231 Å². The molecule has 0 atom stereocenters. The van der Waals surface area contributed by atoms with Crippen molar-refractivity contribution in [2.45, 2.75) is 0 Å². The summed E-state index contributed by atoms with van der Waals surface area (Å²) >= 11 is 0. The maximum atomic E-state index is 2.45. The minimum Gasteiger partial charge on any atom is -0.310 e. The number of aromatic nitrogens is 1. The van der Waals surface area contributed by atoms with Gasteiger partial charge in [0.25, 0.3) is 0 Å². The Hall–Kier alpha value is -7.94. The maximum Gasteiger partial charge on any atom is 0.0620 e. The zero-order valence-corrected chi connectivity index (χ0v) is 32.8. The van der Waals surface area contributed by atoms with E-state index in [-0.39, 0.29) is 0 Å². The maximum absolute atomic E-state index is 2.45. The van der Waals surface area contributed by atoms with Crippen LogP contribution in [-0.2, 0) is 0 Å². The third-order valence-electron chi connectivity index (χ3n) is 12.3. The van der Waals surface area contributed by atoms with Gasteiger partial charge < -0.3 is 9.47 Å². The van der Waals surface area contributed by atoms with Gasteiger partial charge in [-0.1, -0.05) is 170 Å². The predicted octanol–water partition coefficient (Wildman–Crippen LogP) is 16.2. The lowest BCUT2D eigenvalue weighted by Gasteiger charge is -2.28. The van der Waals surface area contributed by atoms with Crippen LogP contribution in [0, 0.1) is 0 Å². The Bertz CT molecular complexity index is 3500. The molecule has 0 aliphatic rings. The number of anilines is 3. The topological polar surface area (TPSA) is 8.17 Å². The Kier molecular flexibility index (Phi) is 7.89. The molecule has 2 heteroatoms. The fourth-order valence-corrected chi connectivity index (χ4v) is 9.61. The summed E-state index contributed by atoms with van der Waals surface area (Å²) in [5.74, 6) is 0. The van der Waals surface area contributed by atoms with Crippen LogP contribution in [0.25, 0.3) is 93.2 Å². The molecule has 2 nitrogen and oxygen atoms in total. The summed E-state index contributed by atoms with van der Waals surface area (Å²) in [5.41, 5.74) is 14.2. The smallest absolute Gasteiger partial charge is 0.0620 e. The van der Waals surface area contributed by atoms with Crippen molar-refractivity contribution < 1.29 is 0 Å². The van der Waals surface area contributed by atoms with Gasteiger partial charge in [0.15, 0.2) is 0 Å². The van der Waals surface area contributed by atoms with Gasteiger partial charge in [0.1, 0.15) is 0 Å². The highest BCUT2D eigenvalue weighted by Gasteiger charge is 2.21. The second kappa shape index (κ2) is 13.9. The van der Waals surface area contributed by atoms with Crippen molar-refractivity contribution in [2.24, 2.45) is 0 Å². The van der Waals surface area contributed by atoms with Gasteiger partial charge in [0, 0.05) is 38.8 Å². The van der Waals surface area contributed by atoms with Crippen LogP contribution in [0.15, 0.2) is 231 Å². The van der Waals surface area contributed by atoms with Crippen LogP contribution in [-0.4, -0.2) is 4.57 Å². The second-order valence-electron chi connectivity index (χ2n) is 15.7. The molecule has 0 unspecified atom stereocenters. The van der Waals surface area contributed by atoms with E-state index < -0.39 is 0 Å². The van der Waals surface area contributed by atoms with Gasteiger partial charge in [-0.3, -0.25) is 0 Å². The molecule has 0 spiro atoms. The van der Waals surface area contributed by atoms with Gasteiger partial charge in [0.2, 0.25) is 0 Å². The highest BCUT2D eigenvalue weighted by atomic mass is 15.1. The van der Waals surface area contributed by atoms with Crippen molar-refractivity contribution >= 4 is 71.2 Å². The van der Waals surface area contributed by atoms with Crippen LogP contribution in [0.3, 0.4) is 0 Å². The molecule has 0 saturated carbocycles. The molecule has 12 rings (SSSR count). The predicted molar refractivity (Wildman–Crippen MR) is 255 cm³/mol. The summed E-state index contributed by atoms with van der Waals surface area (Å²) < 4.78 is 2.45. The van der Waals surface area contributed by atoms with E-state index >= 15 is 0 Å². The Balaban J connectivity index is 1.02. The summed E-state index contributed by atoms with van der Waals surface area (Å²) in [7, 11) is 0. The highest BCUT2D eigenvalue weighted by molar-refractivity contribution is 6.32. The summed E-state index contributed by atoms with van der Waals surface area (Å²) in [5, 5.41) is 10.3. The van der Waals surface area contributed by atoms with Gasteiger partial charge in [-0.25, -0.2) is 0 Å². The van der Waals surface area contributed by atoms with Crippen LogP contribution < -0.4 is 4.90 Å². The van der Waals surface area contributed by atoms with Crippen molar-refractivity contribution in [3.8, 4) is 39.1 Å². The first-order valence-electron chi connectivity index (χ1n) is 20.7. The molecule has 0 saturated heterocycles. The van der Waals surface area contributed by atoms with Crippen LogP contribution in [0.4, 0.5) is 17.1 Å². The van der Waals surface area contributed by atoms with Crippen LogP contribution in [0.2, 0.25) is 0 Å². The Morgan fingerprint density at radius 2 is 0.883 bits per heavy atom. The molecule has 0 aliphatic heterocycles. The lowest BCUT2D eigenvalue weighted by molar-refractivity contribution is 1.19. The van der Waals surface area contributed by atoms with Crippen molar-refractivity contribution in [1.82, 2.24) is 4.57 Å². The quantitative estimate of drug-likeness (QED) is 0.147. The lowest BCUT2D eigenvalue weighted by atomic mass is 9.89. The van der Waals surface area contributed by atoms with Gasteiger partial charge >= 0.3 is 0 Å². The van der Waals surface area contributed by atoms with Gasteiger partial charge in [-0.2, -0.15) is 0 Å². The molecule has 280 valence electrons. The standard InChI is InChI=1S/C58H38N2/c1-5-15-39(16-6-1)43-30-36-55(52(37-43)40-17-7-2-8-18-40)59(45-19-9-3-10-20-45)47-31-27-41(28-32-47)48-33-29-42-25-26-44-38-53-49-23-13-14-24-54(49)60(46-21-11-4-12-22-46)58(53)51-35-34-50(48)56(42)57(44)51/h1-38H. The average Bonchev–Trinajstić information content (AvgIpc) is 3.66. The fraction of sp³-hybridized carbons (Fsp3) is 0. The first-order chi connectivity index (χ1) is 29.8. The average molecular weight is 763 g/mol. The van der Waals surface area contributed by atoms with Crippen LogP contribution in [0.5, 0.6) is 0 Å². The van der Waals surface area contributed by atoms with E-state index in [4.69, 9.17) is 0 Å². The monoisotopic (exact) mass is 762 g/mol. The van der Waals surface area contributed by atoms with E-state index in [0.29, 0.717) is 0 Å². The van der Waals surface area contributed by atoms with E-state index in [2.05, 4.69) is 240 Å². The summed E-state index contributed by atoms with van der Waals surface area (Å²) in [4.78, 5) is 2.39. The van der Waals surface area contributed by atoms with Crippen LogP contribution in [0.1, 0.15) is 0 Å². The minimum absolute atomic E-state index is 1.10. The van der Waals surface area contributed by atoms with E-state index in [1.807, 2.05) is 0 Å². The number of hydrogen-bond acceptors (Lipinski definition) is 1. The number of para-hydroxylation sites is 3. The Morgan fingerprint density at radius 1 is 0.317 bits per heavy atom. The molecule has 0 N–H and O–H groups in total. The fourth-order valence-electron chi connectivity index (χ4n) is 9.61. The molecule has 0 fully saturated rings. The van der Waals surface area contributed by atoms with Crippen molar-refractivity contribution in [1.29, 1.82) is 0 Å². The Labute approximate surface area is 348 Å². The molecule has 60 heavy (non-hydrogen) atoms. The number of hydrogen-bond donors (Lipinski definition) is 0. The van der Waals surface area contributed by atoms with E-state index in [0.717, 1.165) is 17.1 Å². The molecule has 12 aromatic rings.